The lowest BCUT2D eigenvalue weighted by Crippen LogP contribution is -2.11. The van der Waals surface area contributed by atoms with E-state index in [2.05, 4.69) is 27.0 Å². The maximum Gasteiger partial charge on any atom is 0.114 e. The minimum atomic E-state index is 0.510. The third-order valence-corrected chi connectivity index (χ3v) is 1.80. The molecule has 0 saturated carbocycles. The third-order valence-electron chi connectivity index (χ3n) is 1.80. The van der Waals surface area contributed by atoms with Crippen molar-refractivity contribution in [3.63, 3.8) is 0 Å². The summed E-state index contributed by atoms with van der Waals surface area (Å²) in [6.07, 6.45) is 0. The highest BCUT2D eigenvalue weighted by molar-refractivity contribution is 5.15. The number of hydrogen-bond donors (Lipinski definition) is 0. The van der Waals surface area contributed by atoms with Crippen LogP contribution in [0.1, 0.15) is 20.8 Å². The summed E-state index contributed by atoms with van der Waals surface area (Å²) < 4.78 is 16.0. The standard InChI is InChI=1S/C13H24O3/c1-11(2)10-15-7-6-14-8-9-16-13(5)12(3)4/h11H,3,5-10H2,1-2,4H3. The summed E-state index contributed by atoms with van der Waals surface area (Å²) in [6.45, 7) is 16.6. The van der Waals surface area contributed by atoms with Crippen molar-refractivity contribution in [1.82, 2.24) is 0 Å². The molecule has 3 heteroatoms. The van der Waals surface area contributed by atoms with E-state index in [4.69, 9.17) is 14.2 Å². The first kappa shape index (κ1) is 15.2. The molecule has 0 aliphatic rings. The highest BCUT2D eigenvalue weighted by atomic mass is 16.5. The van der Waals surface area contributed by atoms with E-state index in [9.17, 15) is 0 Å². The van der Waals surface area contributed by atoms with Crippen LogP contribution in [0.3, 0.4) is 0 Å². The van der Waals surface area contributed by atoms with E-state index in [0.29, 0.717) is 38.1 Å². The molecule has 16 heavy (non-hydrogen) atoms. The highest BCUT2D eigenvalue weighted by Gasteiger charge is 1.96. The van der Waals surface area contributed by atoms with E-state index in [1.54, 1.807) is 0 Å². The second-order valence-corrected chi connectivity index (χ2v) is 4.13. The van der Waals surface area contributed by atoms with Crippen molar-refractivity contribution in [3.05, 3.63) is 24.5 Å². The minimum Gasteiger partial charge on any atom is -0.492 e. The lowest BCUT2D eigenvalue weighted by Gasteiger charge is -2.10. The van der Waals surface area contributed by atoms with Crippen LogP contribution in [0.25, 0.3) is 0 Å². The van der Waals surface area contributed by atoms with E-state index in [1.807, 2.05) is 6.92 Å². The molecule has 0 saturated heterocycles. The largest absolute Gasteiger partial charge is 0.492 e. The Labute approximate surface area is 99.1 Å². The molecule has 0 rings (SSSR count). The summed E-state index contributed by atoms with van der Waals surface area (Å²) in [4.78, 5) is 0. The molecule has 3 nitrogen and oxygen atoms in total. The van der Waals surface area contributed by atoms with Gasteiger partial charge in [0, 0.05) is 6.61 Å². The predicted molar refractivity (Wildman–Crippen MR) is 66.4 cm³/mol. The van der Waals surface area contributed by atoms with Crippen molar-refractivity contribution in [2.75, 3.05) is 33.0 Å². The summed E-state index contributed by atoms with van der Waals surface area (Å²) in [5, 5.41) is 0. The molecule has 0 aromatic rings. The smallest absolute Gasteiger partial charge is 0.114 e. The first-order valence-electron chi connectivity index (χ1n) is 5.67. The quantitative estimate of drug-likeness (QED) is 0.327. The first-order chi connectivity index (χ1) is 7.54. The van der Waals surface area contributed by atoms with Crippen LogP contribution in [-0.2, 0) is 14.2 Å². The van der Waals surface area contributed by atoms with Gasteiger partial charge in [-0.1, -0.05) is 27.0 Å². The van der Waals surface area contributed by atoms with Gasteiger partial charge in [-0.3, -0.25) is 0 Å². The Bertz CT molecular complexity index is 209. The van der Waals surface area contributed by atoms with Gasteiger partial charge in [0.15, 0.2) is 0 Å². The van der Waals surface area contributed by atoms with Gasteiger partial charge in [-0.2, -0.15) is 0 Å². The van der Waals surface area contributed by atoms with E-state index >= 15 is 0 Å². The average molecular weight is 228 g/mol. The van der Waals surface area contributed by atoms with Gasteiger partial charge in [-0.05, 0) is 18.4 Å². The van der Waals surface area contributed by atoms with Crippen molar-refractivity contribution >= 4 is 0 Å². The minimum absolute atomic E-state index is 0.510. The second kappa shape index (κ2) is 9.43. The van der Waals surface area contributed by atoms with Gasteiger partial charge in [0.2, 0.25) is 0 Å². The molecule has 0 aromatic carbocycles. The summed E-state index contributed by atoms with van der Waals surface area (Å²) >= 11 is 0. The molecule has 0 atom stereocenters. The maximum atomic E-state index is 5.36. The van der Waals surface area contributed by atoms with Crippen molar-refractivity contribution < 1.29 is 14.2 Å². The van der Waals surface area contributed by atoms with Gasteiger partial charge >= 0.3 is 0 Å². The molecule has 0 spiro atoms. The third kappa shape index (κ3) is 9.74. The Kier molecular flexibility index (Phi) is 8.96. The summed E-state index contributed by atoms with van der Waals surface area (Å²) in [5.41, 5.74) is 0.847. The number of allylic oxidation sites excluding steroid dienone is 1. The normalized spacial score (nSPS) is 10.5. The Morgan fingerprint density at radius 2 is 1.56 bits per heavy atom. The first-order valence-corrected chi connectivity index (χ1v) is 5.67. The van der Waals surface area contributed by atoms with Crippen LogP contribution in [-0.4, -0.2) is 33.0 Å². The molecule has 94 valence electrons. The molecule has 0 fully saturated rings. The monoisotopic (exact) mass is 228 g/mol. The van der Waals surface area contributed by atoms with Crippen molar-refractivity contribution in [2.24, 2.45) is 5.92 Å². The lowest BCUT2D eigenvalue weighted by molar-refractivity contribution is 0.0212. The molecule has 0 aromatic heterocycles. The fourth-order valence-electron chi connectivity index (χ4n) is 0.886. The van der Waals surface area contributed by atoms with Gasteiger partial charge in [0.1, 0.15) is 12.4 Å². The summed E-state index contributed by atoms with van der Waals surface area (Å²) in [5.74, 6) is 1.20. The zero-order valence-corrected chi connectivity index (χ0v) is 10.8. The predicted octanol–water partition coefficient (Wildman–Crippen LogP) is 2.78. The van der Waals surface area contributed by atoms with Crippen molar-refractivity contribution in [1.29, 1.82) is 0 Å². The van der Waals surface area contributed by atoms with Crippen LogP contribution < -0.4 is 0 Å². The van der Waals surface area contributed by atoms with Gasteiger partial charge in [0.05, 0.1) is 19.8 Å². The topological polar surface area (TPSA) is 27.7 Å². The van der Waals surface area contributed by atoms with Crippen LogP contribution in [0.5, 0.6) is 0 Å². The Morgan fingerprint density at radius 3 is 2.12 bits per heavy atom. The van der Waals surface area contributed by atoms with E-state index in [1.165, 1.54) is 0 Å². The zero-order chi connectivity index (χ0) is 12.4. The van der Waals surface area contributed by atoms with Crippen LogP contribution in [0, 0.1) is 5.92 Å². The van der Waals surface area contributed by atoms with Crippen LogP contribution in [0.4, 0.5) is 0 Å². The van der Waals surface area contributed by atoms with Crippen LogP contribution in [0.15, 0.2) is 24.5 Å². The molecule has 0 aliphatic heterocycles. The molecular formula is C13H24O3. The van der Waals surface area contributed by atoms with Crippen LogP contribution >= 0.6 is 0 Å². The van der Waals surface area contributed by atoms with Gasteiger partial charge in [-0.25, -0.2) is 0 Å². The van der Waals surface area contributed by atoms with Gasteiger partial charge in [0.25, 0.3) is 0 Å². The molecule has 0 aliphatic carbocycles. The van der Waals surface area contributed by atoms with E-state index < -0.39 is 0 Å². The zero-order valence-electron chi connectivity index (χ0n) is 10.8. The lowest BCUT2D eigenvalue weighted by atomic mass is 10.2. The number of rotatable bonds is 10. The number of hydrogen-bond acceptors (Lipinski definition) is 3. The number of ether oxygens (including phenoxy) is 3. The Morgan fingerprint density at radius 1 is 1.00 bits per heavy atom. The molecule has 0 N–H and O–H groups in total. The highest BCUT2D eigenvalue weighted by Crippen LogP contribution is 2.04. The summed E-state index contributed by atoms with van der Waals surface area (Å²) in [7, 11) is 0. The van der Waals surface area contributed by atoms with Crippen molar-refractivity contribution in [3.8, 4) is 0 Å². The second-order valence-electron chi connectivity index (χ2n) is 4.13. The molecular weight excluding hydrogens is 204 g/mol. The summed E-state index contributed by atoms with van der Waals surface area (Å²) in [6, 6.07) is 0. The van der Waals surface area contributed by atoms with Crippen molar-refractivity contribution in [2.45, 2.75) is 20.8 Å². The Balaban J connectivity index is 3.16. The fraction of sp³-hybridized carbons (Fsp3) is 0.692. The fourth-order valence-corrected chi connectivity index (χ4v) is 0.886. The Hall–Kier alpha value is -0.800. The van der Waals surface area contributed by atoms with E-state index in [-0.39, 0.29) is 0 Å². The van der Waals surface area contributed by atoms with Crippen LogP contribution in [0.2, 0.25) is 0 Å². The molecule has 0 heterocycles. The molecule has 0 unspecified atom stereocenters. The molecule has 0 radical (unpaired) electrons. The maximum absolute atomic E-state index is 5.36. The molecule has 0 amide bonds. The van der Waals surface area contributed by atoms with E-state index in [0.717, 1.165) is 12.2 Å². The SMILES string of the molecule is C=C(C)C(=C)OCCOCCOCC(C)C. The average Bonchev–Trinajstić information content (AvgIpc) is 2.21. The van der Waals surface area contributed by atoms with Gasteiger partial charge < -0.3 is 14.2 Å². The van der Waals surface area contributed by atoms with Gasteiger partial charge in [-0.15, -0.1) is 0 Å². The molecule has 0 bridgehead atoms.